The fourth-order valence-electron chi connectivity index (χ4n) is 2.07. The second-order valence-corrected chi connectivity index (χ2v) is 5.09. The molecular weight excluding hydrogens is 216 g/mol. The first-order chi connectivity index (χ1) is 8.91. The minimum Gasteiger partial charge on any atom is -0.0917 e. The van der Waals surface area contributed by atoms with Crippen molar-refractivity contribution in [2.45, 2.75) is 84.0 Å². The van der Waals surface area contributed by atoms with Crippen molar-refractivity contribution < 1.29 is 0 Å². The van der Waals surface area contributed by atoms with Gasteiger partial charge in [0.05, 0.1) is 0 Å². The molecule has 0 fully saturated rings. The fourth-order valence-corrected chi connectivity index (χ4v) is 2.07. The molecule has 1 radical (unpaired) electrons. The molecule has 0 N–H and O–H groups in total. The molecular formula is C18H33. The molecule has 0 nitrogen and oxygen atoms in total. The van der Waals surface area contributed by atoms with Gasteiger partial charge in [-0.15, -0.1) is 0 Å². The third-order valence-corrected chi connectivity index (χ3v) is 3.26. The Balaban J connectivity index is 3.03. The van der Waals surface area contributed by atoms with Crippen LogP contribution in [0.5, 0.6) is 0 Å². The van der Waals surface area contributed by atoms with E-state index in [9.17, 15) is 0 Å². The molecule has 0 saturated carbocycles. The summed E-state index contributed by atoms with van der Waals surface area (Å²) in [5, 5.41) is 0. The Morgan fingerprint density at radius 1 is 0.611 bits per heavy atom. The van der Waals surface area contributed by atoms with Gasteiger partial charge >= 0.3 is 0 Å². The third kappa shape index (κ3) is 15.5. The highest BCUT2D eigenvalue weighted by atomic mass is 14.0. The van der Waals surface area contributed by atoms with Gasteiger partial charge in [-0.2, -0.15) is 0 Å². The molecule has 0 spiro atoms. The zero-order valence-electron chi connectivity index (χ0n) is 12.5. The maximum atomic E-state index is 3.86. The summed E-state index contributed by atoms with van der Waals surface area (Å²) in [4.78, 5) is 0. The summed E-state index contributed by atoms with van der Waals surface area (Å²) >= 11 is 0. The molecule has 0 saturated heterocycles. The van der Waals surface area contributed by atoms with E-state index in [0.29, 0.717) is 0 Å². The van der Waals surface area contributed by atoms with E-state index in [1.165, 1.54) is 70.6 Å². The van der Waals surface area contributed by atoms with Crippen LogP contribution in [-0.4, -0.2) is 0 Å². The van der Waals surface area contributed by atoms with E-state index in [1.54, 1.807) is 0 Å². The highest BCUT2D eigenvalue weighted by Crippen LogP contribution is 2.09. The molecule has 0 amide bonds. The van der Waals surface area contributed by atoms with Crippen molar-refractivity contribution in [1.29, 1.82) is 0 Å². The standard InChI is InChI=1S/C18H33/c1-3-5-7-9-11-13-15-17-18-16-14-12-10-8-6-4-2/h4,6,13,15H,1,3,5,7-12,14,16-18H2,2H3. The summed E-state index contributed by atoms with van der Waals surface area (Å²) in [7, 11) is 0. The molecule has 0 aromatic carbocycles. The van der Waals surface area contributed by atoms with Crippen molar-refractivity contribution in [1.82, 2.24) is 0 Å². The van der Waals surface area contributed by atoms with Crippen LogP contribution in [0.4, 0.5) is 0 Å². The zero-order valence-corrected chi connectivity index (χ0v) is 12.5. The smallest absolute Gasteiger partial charge is 0.0351 e. The lowest BCUT2D eigenvalue weighted by Crippen LogP contribution is -1.78. The van der Waals surface area contributed by atoms with Crippen molar-refractivity contribution in [2.24, 2.45) is 0 Å². The Hall–Kier alpha value is -0.520. The highest BCUT2D eigenvalue weighted by Gasteiger charge is 1.89. The number of rotatable bonds is 13. The summed E-state index contributed by atoms with van der Waals surface area (Å²) in [6.45, 7) is 5.97. The van der Waals surface area contributed by atoms with Crippen molar-refractivity contribution in [2.75, 3.05) is 0 Å². The maximum absolute atomic E-state index is 3.86. The van der Waals surface area contributed by atoms with Crippen LogP contribution in [0.2, 0.25) is 0 Å². The van der Waals surface area contributed by atoms with E-state index in [0.717, 1.165) is 6.42 Å². The van der Waals surface area contributed by atoms with E-state index in [1.807, 2.05) is 0 Å². The average Bonchev–Trinajstić information content (AvgIpc) is 2.39. The first-order valence-electron chi connectivity index (χ1n) is 7.97. The normalized spacial score (nSPS) is 11.9. The quantitative estimate of drug-likeness (QED) is 0.254. The van der Waals surface area contributed by atoms with Crippen LogP contribution < -0.4 is 0 Å². The first kappa shape index (κ1) is 17.5. The predicted octanol–water partition coefficient (Wildman–Crippen LogP) is 6.63. The van der Waals surface area contributed by atoms with Crippen molar-refractivity contribution in [3.63, 3.8) is 0 Å². The lowest BCUT2D eigenvalue weighted by molar-refractivity contribution is 0.621. The van der Waals surface area contributed by atoms with Crippen LogP contribution in [0.25, 0.3) is 0 Å². The van der Waals surface area contributed by atoms with Gasteiger partial charge in [-0.1, -0.05) is 69.8 Å². The fraction of sp³-hybridized carbons (Fsp3) is 0.722. The minimum atomic E-state index is 1.10. The van der Waals surface area contributed by atoms with Crippen LogP contribution in [0, 0.1) is 6.92 Å². The molecule has 0 rings (SSSR count). The van der Waals surface area contributed by atoms with Crippen molar-refractivity contribution >= 4 is 0 Å². The first-order valence-corrected chi connectivity index (χ1v) is 7.97. The van der Waals surface area contributed by atoms with E-state index in [4.69, 9.17) is 0 Å². The number of hydrogen-bond acceptors (Lipinski definition) is 0. The molecule has 0 aromatic rings. The molecule has 0 aliphatic rings. The molecule has 0 heterocycles. The molecule has 0 unspecified atom stereocenters. The second-order valence-electron chi connectivity index (χ2n) is 5.09. The molecule has 105 valence electrons. The van der Waals surface area contributed by atoms with Gasteiger partial charge in [-0.3, -0.25) is 0 Å². The lowest BCUT2D eigenvalue weighted by atomic mass is 10.1. The summed E-state index contributed by atoms with van der Waals surface area (Å²) in [5.41, 5.74) is 0. The van der Waals surface area contributed by atoms with E-state index >= 15 is 0 Å². The Morgan fingerprint density at radius 2 is 1.06 bits per heavy atom. The van der Waals surface area contributed by atoms with Crippen LogP contribution in [0.3, 0.4) is 0 Å². The van der Waals surface area contributed by atoms with E-state index in [-0.39, 0.29) is 0 Å². The monoisotopic (exact) mass is 249 g/mol. The van der Waals surface area contributed by atoms with Gasteiger partial charge < -0.3 is 0 Å². The van der Waals surface area contributed by atoms with Crippen LogP contribution in [-0.2, 0) is 0 Å². The van der Waals surface area contributed by atoms with Gasteiger partial charge in [-0.25, -0.2) is 0 Å². The van der Waals surface area contributed by atoms with Crippen LogP contribution >= 0.6 is 0 Å². The van der Waals surface area contributed by atoms with E-state index in [2.05, 4.69) is 38.2 Å². The summed E-state index contributed by atoms with van der Waals surface area (Å²) in [6.07, 6.45) is 25.0. The Kier molecular flexibility index (Phi) is 16.0. The van der Waals surface area contributed by atoms with Gasteiger partial charge in [0.15, 0.2) is 0 Å². The second kappa shape index (κ2) is 16.5. The topological polar surface area (TPSA) is 0 Å². The van der Waals surface area contributed by atoms with Crippen LogP contribution in [0.15, 0.2) is 24.3 Å². The number of allylic oxidation sites excluding steroid dienone is 4. The van der Waals surface area contributed by atoms with E-state index < -0.39 is 0 Å². The molecule has 0 aromatic heterocycles. The van der Waals surface area contributed by atoms with Gasteiger partial charge in [0.25, 0.3) is 0 Å². The van der Waals surface area contributed by atoms with Crippen molar-refractivity contribution in [3.05, 3.63) is 31.2 Å². The predicted molar refractivity (Wildman–Crippen MR) is 84.7 cm³/mol. The molecule has 0 aliphatic carbocycles. The zero-order chi connectivity index (χ0) is 13.3. The maximum Gasteiger partial charge on any atom is -0.0351 e. The highest BCUT2D eigenvalue weighted by molar-refractivity contribution is 4.81. The van der Waals surface area contributed by atoms with Gasteiger partial charge in [0, 0.05) is 0 Å². The number of hydrogen-bond donors (Lipinski definition) is 0. The minimum absolute atomic E-state index is 1.10. The third-order valence-electron chi connectivity index (χ3n) is 3.26. The SMILES string of the molecule is [CH2]CCCCCC=CCCCCCCCC=CC. The van der Waals surface area contributed by atoms with Gasteiger partial charge in [0.1, 0.15) is 0 Å². The average molecular weight is 249 g/mol. The largest absolute Gasteiger partial charge is 0.0917 e. The molecule has 0 bridgehead atoms. The van der Waals surface area contributed by atoms with Crippen LogP contribution in [0.1, 0.15) is 84.0 Å². The molecule has 0 aliphatic heterocycles. The van der Waals surface area contributed by atoms with Gasteiger partial charge in [-0.05, 0) is 45.4 Å². The summed E-state index contributed by atoms with van der Waals surface area (Å²) in [5.74, 6) is 0. The molecule has 18 heavy (non-hydrogen) atoms. The summed E-state index contributed by atoms with van der Waals surface area (Å²) in [6, 6.07) is 0. The lowest BCUT2D eigenvalue weighted by Gasteiger charge is -1.98. The van der Waals surface area contributed by atoms with Gasteiger partial charge in [0.2, 0.25) is 0 Å². The Morgan fingerprint density at radius 3 is 1.56 bits per heavy atom. The Bertz CT molecular complexity index is 188. The molecule has 0 heteroatoms. The van der Waals surface area contributed by atoms with Crippen molar-refractivity contribution in [3.8, 4) is 0 Å². The molecule has 0 atom stereocenters. The Labute approximate surface area is 116 Å². The summed E-state index contributed by atoms with van der Waals surface area (Å²) < 4.78 is 0. The number of unbranched alkanes of at least 4 members (excludes halogenated alkanes) is 10.